The highest BCUT2D eigenvalue weighted by atomic mass is 16.1. The van der Waals surface area contributed by atoms with E-state index in [1.54, 1.807) is 6.92 Å². The van der Waals surface area contributed by atoms with Crippen molar-refractivity contribution in [3.05, 3.63) is 35.8 Å². The number of ketones is 1. The molecule has 0 aliphatic heterocycles. The summed E-state index contributed by atoms with van der Waals surface area (Å²) in [4.78, 5) is 16.0. The molecule has 0 spiro atoms. The van der Waals surface area contributed by atoms with Crippen LogP contribution in [0.1, 0.15) is 36.5 Å². The highest BCUT2D eigenvalue weighted by molar-refractivity contribution is 5.94. The molecule has 2 heterocycles. The van der Waals surface area contributed by atoms with E-state index in [4.69, 9.17) is 0 Å². The van der Waals surface area contributed by atoms with Gasteiger partial charge in [-0.3, -0.25) is 9.20 Å². The number of Topliss-reactive ketones (excluding diaryl/α,β-unsaturated/α-hetero) is 1. The monoisotopic (exact) mass is 202 g/mol. The molecule has 2 aromatic heterocycles. The maximum atomic E-state index is 11.6. The van der Waals surface area contributed by atoms with Gasteiger partial charge in [0.25, 0.3) is 0 Å². The molecule has 0 fully saturated rings. The van der Waals surface area contributed by atoms with Crippen LogP contribution in [0.4, 0.5) is 0 Å². The zero-order valence-electron chi connectivity index (χ0n) is 9.03. The molecule has 0 atom stereocenters. The van der Waals surface area contributed by atoms with Gasteiger partial charge in [-0.15, -0.1) is 0 Å². The fourth-order valence-corrected chi connectivity index (χ4v) is 1.83. The Hall–Kier alpha value is -1.64. The first-order valence-corrected chi connectivity index (χ1v) is 5.21. The van der Waals surface area contributed by atoms with Crippen molar-refractivity contribution in [3.8, 4) is 0 Å². The second-order valence-corrected chi connectivity index (χ2v) is 3.64. The van der Waals surface area contributed by atoms with E-state index < -0.39 is 0 Å². The molecule has 0 radical (unpaired) electrons. The Labute approximate surface area is 88.8 Å². The molecule has 0 aliphatic rings. The summed E-state index contributed by atoms with van der Waals surface area (Å²) in [6.07, 6.45) is 3.75. The average Bonchev–Trinajstić information content (AvgIpc) is 2.56. The van der Waals surface area contributed by atoms with E-state index in [-0.39, 0.29) is 5.78 Å². The zero-order valence-corrected chi connectivity index (χ0v) is 9.03. The molecule has 3 heteroatoms. The van der Waals surface area contributed by atoms with E-state index in [2.05, 4.69) is 11.9 Å². The Kier molecular flexibility index (Phi) is 2.54. The highest BCUT2D eigenvalue weighted by Gasteiger charge is 2.14. The summed E-state index contributed by atoms with van der Waals surface area (Å²) in [6, 6.07) is 5.77. The summed E-state index contributed by atoms with van der Waals surface area (Å²) < 4.78 is 1.87. The van der Waals surface area contributed by atoms with Crippen LogP contribution in [0.5, 0.6) is 0 Å². The molecule has 78 valence electrons. The van der Waals surface area contributed by atoms with Crippen molar-refractivity contribution in [2.45, 2.75) is 26.7 Å². The number of hydrogen-bond acceptors (Lipinski definition) is 2. The summed E-state index contributed by atoms with van der Waals surface area (Å²) in [5.74, 6) is 0.0807. The molecule has 3 nitrogen and oxygen atoms in total. The molecule has 0 saturated carbocycles. The summed E-state index contributed by atoms with van der Waals surface area (Å²) in [6.45, 7) is 3.68. The molecular weight excluding hydrogens is 188 g/mol. The quantitative estimate of drug-likeness (QED) is 0.716. The van der Waals surface area contributed by atoms with Crippen molar-refractivity contribution in [1.82, 2.24) is 9.38 Å². The molecule has 0 N–H and O–H groups in total. The fraction of sp³-hybridized carbons (Fsp3) is 0.333. The number of fused-ring (bicyclic) bond motifs is 1. The average molecular weight is 202 g/mol. The highest BCUT2D eigenvalue weighted by Crippen LogP contribution is 2.14. The van der Waals surface area contributed by atoms with Gasteiger partial charge in [-0.05, 0) is 18.6 Å². The Morgan fingerprint density at radius 3 is 2.93 bits per heavy atom. The smallest absolute Gasteiger partial charge is 0.178 e. The van der Waals surface area contributed by atoms with E-state index in [0.29, 0.717) is 0 Å². The van der Waals surface area contributed by atoms with Crippen LogP contribution in [0.2, 0.25) is 0 Å². The van der Waals surface area contributed by atoms with E-state index in [0.717, 1.165) is 29.9 Å². The maximum Gasteiger partial charge on any atom is 0.178 e. The number of imidazole rings is 1. The van der Waals surface area contributed by atoms with Gasteiger partial charge in [0.15, 0.2) is 5.78 Å². The maximum absolute atomic E-state index is 11.6. The lowest BCUT2D eigenvalue weighted by Gasteiger charge is -1.98. The van der Waals surface area contributed by atoms with Crippen molar-refractivity contribution < 1.29 is 4.79 Å². The lowest BCUT2D eigenvalue weighted by atomic mass is 10.2. The van der Waals surface area contributed by atoms with Gasteiger partial charge in [0.05, 0.1) is 5.69 Å². The number of hydrogen-bond donors (Lipinski definition) is 0. The molecule has 0 amide bonds. The SMILES string of the molecule is CCCc1nc2ccccn2c1C(C)=O. The second-order valence-electron chi connectivity index (χ2n) is 3.64. The van der Waals surface area contributed by atoms with Crippen LogP contribution in [-0.4, -0.2) is 15.2 Å². The van der Waals surface area contributed by atoms with Crippen LogP contribution in [0.25, 0.3) is 5.65 Å². The van der Waals surface area contributed by atoms with Crippen molar-refractivity contribution in [1.29, 1.82) is 0 Å². The third kappa shape index (κ3) is 1.65. The van der Waals surface area contributed by atoms with Gasteiger partial charge in [0, 0.05) is 13.1 Å². The van der Waals surface area contributed by atoms with E-state index in [1.807, 2.05) is 28.8 Å². The third-order valence-electron chi connectivity index (χ3n) is 2.42. The number of aryl methyl sites for hydroxylation is 1. The van der Waals surface area contributed by atoms with Gasteiger partial charge in [0.2, 0.25) is 0 Å². The molecule has 2 aromatic rings. The van der Waals surface area contributed by atoms with Gasteiger partial charge < -0.3 is 0 Å². The fourth-order valence-electron chi connectivity index (χ4n) is 1.83. The number of nitrogens with zero attached hydrogens (tertiary/aromatic N) is 2. The van der Waals surface area contributed by atoms with E-state index in [1.165, 1.54) is 0 Å². The number of aromatic nitrogens is 2. The van der Waals surface area contributed by atoms with Gasteiger partial charge in [-0.25, -0.2) is 4.98 Å². The Bertz CT molecular complexity index is 499. The molecule has 2 rings (SSSR count). The Balaban J connectivity index is 2.69. The van der Waals surface area contributed by atoms with Crippen molar-refractivity contribution in [2.24, 2.45) is 0 Å². The summed E-state index contributed by atoms with van der Waals surface area (Å²) in [5, 5.41) is 0. The number of pyridine rings is 1. The van der Waals surface area contributed by atoms with E-state index in [9.17, 15) is 4.79 Å². The first-order valence-electron chi connectivity index (χ1n) is 5.21. The minimum Gasteiger partial charge on any atom is -0.297 e. The molecule has 0 saturated heterocycles. The van der Waals surface area contributed by atoms with Crippen LogP contribution in [0, 0.1) is 0 Å². The first kappa shape index (κ1) is 9.90. The lowest BCUT2D eigenvalue weighted by molar-refractivity contribution is 0.101. The van der Waals surface area contributed by atoms with Crippen LogP contribution >= 0.6 is 0 Å². The van der Waals surface area contributed by atoms with Crippen LogP contribution < -0.4 is 0 Å². The Morgan fingerprint density at radius 2 is 2.27 bits per heavy atom. The molecule has 0 bridgehead atoms. The number of carbonyl (C=O) groups excluding carboxylic acids is 1. The van der Waals surface area contributed by atoms with Crippen LogP contribution in [0.15, 0.2) is 24.4 Å². The Morgan fingerprint density at radius 1 is 1.47 bits per heavy atom. The normalized spacial score (nSPS) is 10.8. The van der Waals surface area contributed by atoms with Crippen molar-refractivity contribution in [3.63, 3.8) is 0 Å². The molecular formula is C12H14N2O. The van der Waals surface area contributed by atoms with Crippen molar-refractivity contribution in [2.75, 3.05) is 0 Å². The number of carbonyl (C=O) groups is 1. The van der Waals surface area contributed by atoms with Crippen LogP contribution in [-0.2, 0) is 6.42 Å². The molecule has 15 heavy (non-hydrogen) atoms. The van der Waals surface area contributed by atoms with Crippen LogP contribution in [0.3, 0.4) is 0 Å². The third-order valence-corrected chi connectivity index (χ3v) is 2.42. The largest absolute Gasteiger partial charge is 0.297 e. The van der Waals surface area contributed by atoms with Gasteiger partial charge >= 0.3 is 0 Å². The van der Waals surface area contributed by atoms with Gasteiger partial charge in [0.1, 0.15) is 11.3 Å². The lowest BCUT2D eigenvalue weighted by Crippen LogP contribution is -2.02. The van der Waals surface area contributed by atoms with E-state index >= 15 is 0 Å². The topological polar surface area (TPSA) is 34.4 Å². The first-order chi connectivity index (χ1) is 7.24. The standard InChI is InChI=1S/C12H14N2O/c1-3-6-10-12(9(2)15)14-8-5-4-7-11(14)13-10/h4-5,7-8H,3,6H2,1-2H3. The minimum absolute atomic E-state index is 0.0807. The van der Waals surface area contributed by atoms with Gasteiger partial charge in [-0.2, -0.15) is 0 Å². The van der Waals surface area contributed by atoms with Crippen molar-refractivity contribution >= 4 is 11.4 Å². The van der Waals surface area contributed by atoms with Gasteiger partial charge in [-0.1, -0.05) is 19.4 Å². The number of rotatable bonds is 3. The molecule has 0 aliphatic carbocycles. The molecule has 0 aromatic carbocycles. The summed E-state index contributed by atoms with van der Waals surface area (Å²) in [7, 11) is 0. The zero-order chi connectivity index (χ0) is 10.8. The predicted molar refractivity (Wildman–Crippen MR) is 59.2 cm³/mol. The summed E-state index contributed by atoms with van der Waals surface area (Å²) >= 11 is 0. The predicted octanol–water partition coefficient (Wildman–Crippen LogP) is 2.49. The second kappa shape index (κ2) is 3.85. The minimum atomic E-state index is 0.0807. The molecule has 0 unspecified atom stereocenters. The summed E-state index contributed by atoms with van der Waals surface area (Å²) in [5.41, 5.74) is 2.50.